The van der Waals surface area contributed by atoms with Crippen molar-refractivity contribution in [3.8, 4) is 11.5 Å². The Kier molecular flexibility index (Phi) is 11.2. The van der Waals surface area contributed by atoms with Gasteiger partial charge >= 0.3 is 11.8 Å². The van der Waals surface area contributed by atoms with Crippen LogP contribution in [0.2, 0.25) is 10.0 Å². The van der Waals surface area contributed by atoms with Crippen LogP contribution in [0.15, 0.2) is 65.8 Å². The lowest BCUT2D eigenvalue weighted by atomic mass is 10.1. The Morgan fingerprint density at radius 3 is 2.53 bits per heavy atom. The monoisotopic (exact) mass is 668 g/mol. The van der Waals surface area contributed by atoms with Crippen molar-refractivity contribution in [3.05, 3.63) is 85.4 Å². The second kappa shape index (κ2) is 14.6. The van der Waals surface area contributed by atoms with E-state index < -0.39 is 17.7 Å². The molecule has 3 aromatic rings. The van der Waals surface area contributed by atoms with Gasteiger partial charge in [0, 0.05) is 6.54 Å². The van der Waals surface area contributed by atoms with Crippen LogP contribution in [0.5, 0.6) is 11.5 Å². The smallest absolute Gasteiger partial charge is 0.329 e. The van der Waals surface area contributed by atoms with Gasteiger partial charge in [-0.15, -0.1) is 0 Å². The Hall–Kier alpha value is -3.35. The molecule has 3 aromatic carbocycles. The van der Waals surface area contributed by atoms with Crippen molar-refractivity contribution < 1.29 is 23.9 Å². The highest BCUT2D eigenvalue weighted by Gasteiger charge is 2.15. The number of halogens is 3. The topological polar surface area (TPSA) is 118 Å². The molecule has 0 fully saturated rings. The molecule has 12 heteroatoms. The molecule has 0 bridgehead atoms. The van der Waals surface area contributed by atoms with Gasteiger partial charge in [0.2, 0.25) is 0 Å². The van der Waals surface area contributed by atoms with Crippen LogP contribution in [0.4, 0.5) is 5.69 Å². The molecule has 9 nitrogen and oxygen atoms in total. The van der Waals surface area contributed by atoms with Crippen LogP contribution < -0.4 is 25.5 Å². The normalized spacial score (nSPS) is 10.6. The minimum atomic E-state index is -0.887. The third-order valence-corrected chi connectivity index (χ3v) is 6.57. The maximum absolute atomic E-state index is 12.4. The molecule has 0 heterocycles. The number of ether oxygens (including phenoxy) is 2. The van der Waals surface area contributed by atoms with Gasteiger partial charge in [-0.25, -0.2) is 5.43 Å². The zero-order valence-corrected chi connectivity index (χ0v) is 23.8. The van der Waals surface area contributed by atoms with Gasteiger partial charge in [-0.3, -0.25) is 14.4 Å². The predicted octanol–water partition coefficient (Wildman–Crippen LogP) is 4.43. The Labute approximate surface area is 243 Å². The zero-order valence-electron chi connectivity index (χ0n) is 20.1. The van der Waals surface area contributed by atoms with Crippen molar-refractivity contribution in [2.45, 2.75) is 6.42 Å². The first-order valence-corrected chi connectivity index (χ1v) is 13.0. The average molecular weight is 669 g/mol. The summed E-state index contributed by atoms with van der Waals surface area (Å²) in [5.74, 6) is -1.42. The van der Waals surface area contributed by atoms with Crippen molar-refractivity contribution in [3.63, 3.8) is 0 Å². The van der Waals surface area contributed by atoms with Crippen LogP contribution >= 0.6 is 45.8 Å². The molecular formula is C26H23Cl2IN4O5. The molecule has 0 aliphatic heterocycles. The van der Waals surface area contributed by atoms with E-state index in [1.54, 1.807) is 30.3 Å². The van der Waals surface area contributed by atoms with E-state index in [-0.39, 0.29) is 11.6 Å². The number of carbonyl (C=O) groups is 3. The summed E-state index contributed by atoms with van der Waals surface area (Å²) in [5, 5.41) is 9.58. The molecular weight excluding hydrogens is 646 g/mol. The highest BCUT2D eigenvalue weighted by Crippen LogP contribution is 2.34. The maximum Gasteiger partial charge on any atom is 0.329 e. The van der Waals surface area contributed by atoms with Crippen molar-refractivity contribution in [2.75, 3.05) is 25.6 Å². The lowest BCUT2D eigenvalue weighted by Crippen LogP contribution is -2.38. The number of rotatable bonds is 10. The largest absolute Gasteiger partial charge is 0.493 e. The third-order valence-electron chi connectivity index (χ3n) is 4.95. The van der Waals surface area contributed by atoms with E-state index in [9.17, 15) is 14.4 Å². The summed E-state index contributed by atoms with van der Waals surface area (Å²) in [7, 11) is 1.45. The first-order chi connectivity index (χ1) is 18.3. The molecule has 0 radical (unpaired) electrons. The number of nitrogens with one attached hydrogen (secondary N) is 3. The van der Waals surface area contributed by atoms with Crippen LogP contribution in [0.25, 0.3) is 0 Å². The Bertz CT molecular complexity index is 1340. The third kappa shape index (κ3) is 8.61. The van der Waals surface area contributed by atoms with Crippen LogP contribution in [0.3, 0.4) is 0 Å². The van der Waals surface area contributed by atoms with Crippen molar-refractivity contribution in [1.29, 1.82) is 0 Å². The number of hydrazone groups is 1. The summed E-state index contributed by atoms with van der Waals surface area (Å²) >= 11 is 14.1. The van der Waals surface area contributed by atoms with Crippen LogP contribution in [-0.2, 0) is 20.8 Å². The molecule has 0 unspecified atom stereocenters. The molecule has 0 aliphatic carbocycles. The van der Waals surface area contributed by atoms with Crippen LogP contribution in [0, 0.1) is 3.57 Å². The number of benzene rings is 3. The zero-order chi connectivity index (χ0) is 27.5. The Balaban J connectivity index is 1.52. The molecule has 3 N–H and O–H groups in total. The molecule has 0 aliphatic rings. The predicted molar refractivity (Wildman–Crippen MR) is 155 cm³/mol. The summed E-state index contributed by atoms with van der Waals surface area (Å²) in [6, 6.07) is 17.8. The second-order valence-corrected chi connectivity index (χ2v) is 9.61. The number of hydrogen-bond acceptors (Lipinski definition) is 6. The van der Waals surface area contributed by atoms with Gasteiger partial charge in [-0.1, -0.05) is 59.6 Å². The number of nitrogens with zero attached hydrogens (tertiary/aromatic N) is 1. The number of anilines is 1. The molecule has 0 saturated heterocycles. The van der Waals surface area contributed by atoms with Gasteiger partial charge in [-0.05, 0) is 64.4 Å². The van der Waals surface area contributed by atoms with Gasteiger partial charge < -0.3 is 20.1 Å². The van der Waals surface area contributed by atoms with Gasteiger partial charge in [0.1, 0.15) is 0 Å². The van der Waals surface area contributed by atoms with Gasteiger partial charge in [0.25, 0.3) is 5.91 Å². The van der Waals surface area contributed by atoms with Crippen molar-refractivity contribution in [2.24, 2.45) is 5.10 Å². The van der Waals surface area contributed by atoms with E-state index in [1.165, 1.54) is 13.3 Å². The highest BCUT2D eigenvalue weighted by atomic mass is 127. The summed E-state index contributed by atoms with van der Waals surface area (Å²) in [5.41, 5.74) is 4.18. The molecule has 198 valence electrons. The van der Waals surface area contributed by atoms with Crippen molar-refractivity contribution >= 4 is 75.4 Å². The summed E-state index contributed by atoms with van der Waals surface area (Å²) in [6.45, 7) is 0.0130. The van der Waals surface area contributed by atoms with Gasteiger partial charge in [0.15, 0.2) is 18.1 Å². The van der Waals surface area contributed by atoms with Crippen molar-refractivity contribution in [1.82, 2.24) is 10.7 Å². The van der Waals surface area contributed by atoms with Gasteiger partial charge in [0.05, 0.1) is 32.6 Å². The fourth-order valence-electron chi connectivity index (χ4n) is 3.14. The number of carbonyl (C=O) groups excluding carboxylic acids is 3. The highest BCUT2D eigenvalue weighted by molar-refractivity contribution is 14.1. The Morgan fingerprint density at radius 2 is 1.79 bits per heavy atom. The second-order valence-electron chi connectivity index (χ2n) is 7.66. The summed E-state index contributed by atoms with van der Waals surface area (Å²) in [6.07, 6.45) is 1.96. The van der Waals surface area contributed by atoms with Gasteiger partial charge in [-0.2, -0.15) is 5.10 Å². The number of methoxy groups -OCH3 is 1. The average Bonchev–Trinajstić information content (AvgIpc) is 2.90. The first-order valence-electron chi connectivity index (χ1n) is 11.2. The fraction of sp³-hybridized carbons (Fsp3) is 0.154. The van der Waals surface area contributed by atoms with Crippen LogP contribution in [0.1, 0.15) is 11.1 Å². The lowest BCUT2D eigenvalue weighted by Gasteiger charge is -2.14. The van der Waals surface area contributed by atoms with E-state index >= 15 is 0 Å². The standard InChI is InChI=1S/C26H23Cl2IN4O5/c1-37-21-13-17(14-31-33-26(36)25(35)30-11-10-16-6-3-2-4-7-16)12-19(29)24(21)38-15-22(34)32-20-9-5-8-18(27)23(20)28/h2-9,12-14H,10-11,15H2,1H3,(H,30,35)(H,32,34)(H,33,36). The fourth-order valence-corrected chi connectivity index (χ4v) is 4.27. The number of hydrogen-bond donors (Lipinski definition) is 3. The summed E-state index contributed by atoms with van der Waals surface area (Å²) in [4.78, 5) is 36.3. The molecule has 3 rings (SSSR count). The minimum absolute atomic E-state index is 0.232. The number of amides is 3. The maximum atomic E-state index is 12.4. The van der Waals surface area contributed by atoms with E-state index in [4.69, 9.17) is 32.7 Å². The summed E-state index contributed by atoms with van der Waals surface area (Å²) < 4.78 is 11.7. The minimum Gasteiger partial charge on any atom is -0.493 e. The quantitative estimate of drug-likeness (QED) is 0.128. The van der Waals surface area contributed by atoms with E-state index in [0.717, 1.165) is 5.56 Å². The molecule has 0 saturated carbocycles. The molecule has 0 aromatic heterocycles. The molecule has 38 heavy (non-hydrogen) atoms. The Morgan fingerprint density at radius 1 is 1.03 bits per heavy atom. The van der Waals surface area contributed by atoms with E-state index in [1.807, 2.05) is 52.9 Å². The van der Waals surface area contributed by atoms with E-state index in [2.05, 4.69) is 21.2 Å². The lowest BCUT2D eigenvalue weighted by molar-refractivity contribution is -0.139. The SMILES string of the molecule is COc1cc(C=NNC(=O)C(=O)NCCc2ccccc2)cc(I)c1OCC(=O)Nc1cccc(Cl)c1Cl. The molecule has 3 amide bonds. The van der Waals surface area contributed by atoms with Crippen LogP contribution in [-0.4, -0.2) is 44.2 Å². The first kappa shape index (κ1) is 29.2. The van der Waals surface area contributed by atoms with E-state index in [0.29, 0.717) is 44.3 Å². The molecule has 0 spiro atoms. The molecule has 0 atom stereocenters.